The average Bonchev–Trinajstić information content (AvgIpc) is 2.91. The van der Waals surface area contributed by atoms with Crippen molar-refractivity contribution in [3.05, 3.63) is 53.6 Å². The van der Waals surface area contributed by atoms with Gasteiger partial charge < -0.3 is 0 Å². The fraction of sp³-hybridized carbons (Fsp3) is 0.222. The topological polar surface area (TPSA) is 42.0 Å². The van der Waals surface area contributed by atoms with Gasteiger partial charge in [0.25, 0.3) is 5.91 Å². The molecule has 0 saturated carbocycles. The van der Waals surface area contributed by atoms with Crippen molar-refractivity contribution in [3.63, 3.8) is 0 Å². The highest BCUT2D eigenvalue weighted by atomic mass is 32.2. The van der Waals surface area contributed by atoms with Crippen LogP contribution in [-0.4, -0.2) is 16.1 Å². The molecule has 0 bridgehead atoms. The van der Waals surface area contributed by atoms with E-state index in [0.29, 0.717) is 15.9 Å². The van der Waals surface area contributed by atoms with Crippen LogP contribution in [0.1, 0.15) is 29.8 Å². The molecule has 3 nitrogen and oxygen atoms in total. The number of thiazole rings is 1. The van der Waals surface area contributed by atoms with Crippen molar-refractivity contribution in [1.82, 2.24) is 4.98 Å². The molecule has 0 atom stereocenters. The predicted molar refractivity (Wildman–Crippen MR) is 99.7 cm³/mol. The molecule has 5 heteroatoms. The molecule has 1 amide bonds. The highest BCUT2D eigenvalue weighted by Crippen LogP contribution is 2.28. The molecule has 0 fully saturated rings. The zero-order valence-electron chi connectivity index (χ0n) is 13.3. The number of thioether (sulfide) groups is 1. The number of anilines is 1. The van der Waals surface area contributed by atoms with Crippen molar-refractivity contribution in [2.24, 2.45) is 0 Å². The van der Waals surface area contributed by atoms with E-state index in [4.69, 9.17) is 0 Å². The second-order valence-corrected chi connectivity index (χ2v) is 8.27. The van der Waals surface area contributed by atoms with Gasteiger partial charge in [-0.15, -0.1) is 11.8 Å². The fourth-order valence-electron chi connectivity index (χ4n) is 2.27. The van der Waals surface area contributed by atoms with E-state index in [9.17, 15) is 4.79 Å². The first-order valence-corrected chi connectivity index (χ1v) is 9.17. The third-order valence-electron chi connectivity index (χ3n) is 3.33. The Morgan fingerprint density at radius 2 is 1.91 bits per heavy atom. The van der Waals surface area contributed by atoms with E-state index in [1.807, 2.05) is 49.4 Å². The Kier molecular flexibility index (Phi) is 4.68. The summed E-state index contributed by atoms with van der Waals surface area (Å²) in [5.41, 5.74) is 2.72. The van der Waals surface area contributed by atoms with E-state index in [2.05, 4.69) is 24.1 Å². The minimum absolute atomic E-state index is 0.122. The summed E-state index contributed by atoms with van der Waals surface area (Å²) in [7, 11) is 0. The molecule has 0 radical (unpaired) electrons. The molecule has 0 aliphatic carbocycles. The molecule has 1 aromatic heterocycles. The fourth-order valence-corrected chi connectivity index (χ4v) is 4.04. The Bertz CT molecular complexity index is 838. The molecule has 0 aliphatic rings. The molecule has 0 unspecified atom stereocenters. The lowest BCUT2D eigenvalue weighted by molar-refractivity contribution is 0.102. The largest absolute Gasteiger partial charge is 0.298 e. The normalized spacial score (nSPS) is 11.1. The molecule has 0 aliphatic heterocycles. The average molecular weight is 342 g/mol. The molecule has 0 spiro atoms. The summed E-state index contributed by atoms with van der Waals surface area (Å²) < 4.78 is 1.09. The van der Waals surface area contributed by atoms with Crippen LogP contribution in [0.3, 0.4) is 0 Å². The quantitative estimate of drug-likeness (QED) is 0.649. The van der Waals surface area contributed by atoms with E-state index in [1.54, 1.807) is 11.8 Å². The third-order valence-corrected chi connectivity index (χ3v) is 5.28. The van der Waals surface area contributed by atoms with Crippen molar-refractivity contribution in [1.29, 1.82) is 0 Å². The molecule has 1 N–H and O–H groups in total. The van der Waals surface area contributed by atoms with Crippen LogP contribution < -0.4 is 5.32 Å². The molecular formula is C18H18N2OS2. The van der Waals surface area contributed by atoms with E-state index in [0.717, 1.165) is 15.8 Å². The van der Waals surface area contributed by atoms with Crippen molar-refractivity contribution in [2.45, 2.75) is 30.9 Å². The third kappa shape index (κ3) is 3.74. The highest BCUT2D eigenvalue weighted by Gasteiger charge is 2.11. The van der Waals surface area contributed by atoms with Gasteiger partial charge >= 0.3 is 0 Å². The number of benzene rings is 2. The molecule has 3 rings (SSSR count). The SMILES string of the molecule is Cc1cccc2sc(NC(=O)c3ccc(SC(C)C)cc3)nc12. The summed E-state index contributed by atoms with van der Waals surface area (Å²) in [5.74, 6) is -0.122. The van der Waals surface area contributed by atoms with Crippen LogP contribution in [0.5, 0.6) is 0 Å². The number of nitrogens with one attached hydrogen (secondary N) is 1. The van der Waals surface area contributed by atoms with Gasteiger partial charge in [-0.25, -0.2) is 4.98 Å². The monoisotopic (exact) mass is 342 g/mol. The van der Waals surface area contributed by atoms with Crippen molar-refractivity contribution in [3.8, 4) is 0 Å². The number of carbonyl (C=O) groups excluding carboxylic acids is 1. The second kappa shape index (κ2) is 6.72. The zero-order valence-corrected chi connectivity index (χ0v) is 14.9. The second-order valence-electron chi connectivity index (χ2n) is 5.59. The van der Waals surface area contributed by atoms with Crippen LogP contribution in [0.2, 0.25) is 0 Å². The van der Waals surface area contributed by atoms with Crippen LogP contribution in [0.4, 0.5) is 5.13 Å². The maximum absolute atomic E-state index is 12.4. The van der Waals surface area contributed by atoms with Gasteiger partial charge in [0.15, 0.2) is 5.13 Å². The summed E-state index contributed by atoms with van der Waals surface area (Å²) in [6.07, 6.45) is 0. The number of hydrogen-bond acceptors (Lipinski definition) is 4. The lowest BCUT2D eigenvalue weighted by atomic mass is 10.2. The van der Waals surface area contributed by atoms with Gasteiger partial charge in [0.1, 0.15) is 0 Å². The van der Waals surface area contributed by atoms with Gasteiger partial charge in [-0.05, 0) is 42.8 Å². The minimum atomic E-state index is -0.122. The van der Waals surface area contributed by atoms with Crippen molar-refractivity contribution < 1.29 is 4.79 Å². The summed E-state index contributed by atoms with van der Waals surface area (Å²) in [4.78, 5) is 18.0. The van der Waals surface area contributed by atoms with E-state index in [-0.39, 0.29) is 5.91 Å². The number of carbonyl (C=O) groups is 1. The van der Waals surface area contributed by atoms with Gasteiger partial charge in [0.05, 0.1) is 10.2 Å². The highest BCUT2D eigenvalue weighted by molar-refractivity contribution is 7.99. The predicted octanol–water partition coefficient (Wildman–Crippen LogP) is 5.36. The summed E-state index contributed by atoms with van der Waals surface area (Å²) >= 11 is 3.28. The molecule has 0 saturated heterocycles. The Morgan fingerprint density at radius 3 is 2.57 bits per heavy atom. The first kappa shape index (κ1) is 16.0. The number of hydrogen-bond donors (Lipinski definition) is 1. The van der Waals surface area contributed by atoms with Crippen molar-refractivity contribution in [2.75, 3.05) is 5.32 Å². The van der Waals surface area contributed by atoms with Gasteiger partial charge in [-0.1, -0.05) is 37.3 Å². The minimum Gasteiger partial charge on any atom is -0.298 e. The maximum Gasteiger partial charge on any atom is 0.257 e. The van der Waals surface area contributed by atoms with E-state index in [1.165, 1.54) is 16.2 Å². The zero-order chi connectivity index (χ0) is 16.4. The van der Waals surface area contributed by atoms with Crippen molar-refractivity contribution >= 4 is 44.4 Å². The first-order valence-electron chi connectivity index (χ1n) is 7.47. The standard InChI is InChI=1S/C18H18N2OS2/c1-11(2)22-14-9-7-13(8-10-14)17(21)20-18-19-16-12(3)5-4-6-15(16)23-18/h4-11H,1-3H3,(H,19,20,21). The molecule has 2 aromatic carbocycles. The Morgan fingerprint density at radius 1 is 1.17 bits per heavy atom. The van der Waals surface area contributed by atoms with Gasteiger partial charge in [0, 0.05) is 15.7 Å². The molecular weight excluding hydrogens is 324 g/mol. The van der Waals surface area contributed by atoms with Gasteiger partial charge in [0.2, 0.25) is 0 Å². The lowest BCUT2D eigenvalue weighted by Crippen LogP contribution is -2.11. The van der Waals surface area contributed by atoms with Crippen LogP contribution >= 0.6 is 23.1 Å². The van der Waals surface area contributed by atoms with E-state index >= 15 is 0 Å². The summed E-state index contributed by atoms with van der Waals surface area (Å²) in [6, 6.07) is 13.8. The number of amides is 1. The molecule has 23 heavy (non-hydrogen) atoms. The molecule has 118 valence electrons. The summed E-state index contributed by atoms with van der Waals surface area (Å²) in [5, 5.41) is 4.06. The smallest absolute Gasteiger partial charge is 0.257 e. The van der Waals surface area contributed by atoms with Crippen LogP contribution in [-0.2, 0) is 0 Å². The van der Waals surface area contributed by atoms with Crippen LogP contribution in [0.15, 0.2) is 47.4 Å². The van der Waals surface area contributed by atoms with Crippen LogP contribution in [0, 0.1) is 6.92 Å². The van der Waals surface area contributed by atoms with Crippen LogP contribution in [0.25, 0.3) is 10.2 Å². The summed E-state index contributed by atoms with van der Waals surface area (Å²) in [6.45, 7) is 6.33. The Hall–Kier alpha value is -1.85. The van der Waals surface area contributed by atoms with Gasteiger partial charge in [-0.2, -0.15) is 0 Å². The number of para-hydroxylation sites is 1. The number of fused-ring (bicyclic) bond motifs is 1. The first-order chi connectivity index (χ1) is 11.0. The number of rotatable bonds is 4. The Labute approximate surface area is 144 Å². The molecule has 3 aromatic rings. The lowest BCUT2D eigenvalue weighted by Gasteiger charge is -2.06. The number of aromatic nitrogens is 1. The Balaban J connectivity index is 1.76. The molecule has 1 heterocycles. The van der Waals surface area contributed by atoms with E-state index < -0.39 is 0 Å². The number of aryl methyl sites for hydroxylation is 1. The maximum atomic E-state index is 12.4. The number of nitrogens with zero attached hydrogens (tertiary/aromatic N) is 1. The van der Waals surface area contributed by atoms with Gasteiger partial charge in [-0.3, -0.25) is 10.1 Å².